The van der Waals surface area contributed by atoms with Crippen LogP contribution in [0, 0.1) is 10.1 Å². The molecule has 0 saturated heterocycles. The predicted octanol–water partition coefficient (Wildman–Crippen LogP) is 4.16. The van der Waals surface area contributed by atoms with Gasteiger partial charge in [-0.3, -0.25) is 10.1 Å². The van der Waals surface area contributed by atoms with Crippen molar-refractivity contribution in [1.29, 1.82) is 0 Å². The number of non-ortho nitro benzene ring substituents is 1. The van der Waals surface area contributed by atoms with Gasteiger partial charge < -0.3 is 4.74 Å². The molecule has 0 unspecified atom stereocenters. The molecule has 0 fully saturated rings. The average Bonchev–Trinajstić information content (AvgIpc) is 2.48. The Morgan fingerprint density at radius 2 is 1.70 bits per heavy atom. The van der Waals surface area contributed by atoms with Crippen LogP contribution in [0.3, 0.4) is 0 Å². The van der Waals surface area contributed by atoms with Crippen molar-refractivity contribution in [2.24, 2.45) is 0 Å². The fraction of sp³-hybridized carbons (Fsp3) is 0.125. The Bertz CT molecular complexity index is 628. The molecule has 0 amide bonds. The largest absolute Gasteiger partial charge is 0.497 e. The van der Waals surface area contributed by atoms with Crippen LogP contribution in [0.4, 0.5) is 5.69 Å². The van der Waals surface area contributed by atoms with E-state index in [9.17, 15) is 10.1 Å². The van der Waals surface area contributed by atoms with Crippen LogP contribution in [0.1, 0.15) is 18.1 Å². The molecule has 4 heteroatoms. The molecule has 0 aromatic heterocycles. The molecule has 0 aliphatic carbocycles. The van der Waals surface area contributed by atoms with Crippen LogP contribution in [0.5, 0.6) is 5.75 Å². The average molecular weight is 269 g/mol. The minimum atomic E-state index is -0.399. The van der Waals surface area contributed by atoms with Gasteiger partial charge in [0.15, 0.2) is 0 Å². The first kappa shape index (κ1) is 13.8. The van der Waals surface area contributed by atoms with E-state index < -0.39 is 4.92 Å². The molecule has 2 aromatic rings. The summed E-state index contributed by atoms with van der Waals surface area (Å²) < 4.78 is 5.12. The minimum absolute atomic E-state index is 0.101. The number of nitro benzene ring substituents is 1. The zero-order valence-electron chi connectivity index (χ0n) is 11.4. The van der Waals surface area contributed by atoms with Gasteiger partial charge in [0.25, 0.3) is 5.69 Å². The lowest BCUT2D eigenvalue weighted by Gasteiger charge is -2.04. The number of nitrogens with zero attached hydrogens (tertiary/aromatic N) is 1. The molecule has 0 radical (unpaired) electrons. The van der Waals surface area contributed by atoms with Crippen LogP contribution in [-0.4, -0.2) is 12.0 Å². The highest BCUT2D eigenvalue weighted by Gasteiger charge is 2.03. The second-order valence-corrected chi connectivity index (χ2v) is 4.40. The molecule has 0 atom stereocenters. The van der Waals surface area contributed by atoms with E-state index in [0.717, 1.165) is 22.4 Å². The van der Waals surface area contributed by atoms with Crippen molar-refractivity contribution in [2.45, 2.75) is 6.92 Å². The zero-order valence-corrected chi connectivity index (χ0v) is 11.4. The quantitative estimate of drug-likeness (QED) is 0.475. The van der Waals surface area contributed by atoms with Crippen LogP contribution < -0.4 is 4.74 Å². The summed E-state index contributed by atoms with van der Waals surface area (Å²) in [4.78, 5) is 10.2. The van der Waals surface area contributed by atoms with E-state index in [0.29, 0.717) is 0 Å². The van der Waals surface area contributed by atoms with Crippen molar-refractivity contribution < 1.29 is 9.66 Å². The van der Waals surface area contributed by atoms with Gasteiger partial charge in [-0.1, -0.05) is 18.2 Å². The zero-order chi connectivity index (χ0) is 14.5. The molecular formula is C16H15NO3. The number of hydrogen-bond donors (Lipinski definition) is 0. The van der Waals surface area contributed by atoms with Crippen molar-refractivity contribution in [2.75, 3.05) is 7.11 Å². The van der Waals surface area contributed by atoms with Gasteiger partial charge in [0.2, 0.25) is 0 Å². The molecule has 0 spiro atoms. The minimum Gasteiger partial charge on any atom is -0.497 e. The molecule has 0 saturated carbocycles. The van der Waals surface area contributed by atoms with Gasteiger partial charge >= 0.3 is 0 Å². The summed E-state index contributed by atoms with van der Waals surface area (Å²) >= 11 is 0. The highest BCUT2D eigenvalue weighted by atomic mass is 16.6. The number of benzene rings is 2. The molecule has 0 N–H and O–H groups in total. The third kappa shape index (κ3) is 3.23. The number of nitro groups is 1. The maximum Gasteiger partial charge on any atom is 0.269 e. The maximum absolute atomic E-state index is 10.6. The van der Waals surface area contributed by atoms with E-state index in [-0.39, 0.29) is 5.69 Å². The van der Waals surface area contributed by atoms with E-state index in [1.165, 1.54) is 12.1 Å². The van der Waals surface area contributed by atoms with E-state index >= 15 is 0 Å². The van der Waals surface area contributed by atoms with Gasteiger partial charge in [0.05, 0.1) is 12.0 Å². The van der Waals surface area contributed by atoms with Crippen LogP contribution in [0.25, 0.3) is 11.6 Å². The summed E-state index contributed by atoms with van der Waals surface area (Å²) in [5, 5.41) is 10.6. The van der Waals surface area contributed by atoms with Crippen LogP contribution >= 0.6 is 0 Å². The lowest BCUT2D eigenvalue weighted by atomic mass is 10.0. The molecule has 0 aliphatic heterocycles. The van der Waals surface area contributed by atoms with E-state index in [4.69, 9.17) is 4.74 Å². The van der Waals surface area contributed by atoms with Crippen molar-refractivity contribution in [3.05, 3.63) is 69.8 Å². The van der Waals surface area contributed by atoms with Gasteiger partial charge in [-0.05, 0) is 47.9 Å². The molecule has 0 heterocycles. The number of allylic oxidation sites excluding steroid dienone is 1. The van der Waals surface area contributed by atoms with E-state index in [1.54, 1.807) is 19.2 Å². The van der Waals surface area contributed by atoms with Gasteiger partial charge in [0, 0.05) is 12.1 Å². The predicted molar refractivity (Wildman–Crippen MR) is 79.6 cm³/mol. The Balaban J connectivity index is 2.22. The molecular weight excluding hydrogens is 254 g/mol. The van der Waals surface area contributed by atoms with E-state index in [2.05, 4.69) is 0 Å². The second kappa shape index (κ2) is 6.02. The van der Waals surface area contributed by atoms with Gasteiger partial charge in [-0.25, -0.2) is 0 Å². The number of ether oxygens (including phenoxy) is 1. The Kier molecular flexibility index (Phi) is 4.15. The summed E-state index contributed by atoms with van der Waals surface area (Å²) in [5.41, 5.74) is 3.21. The van der Waals surface area contributed by atoms with Gasteiger partial charge in [-0.15, -0.1) is 0 Å². The Hall–Kier alpha value is -2.62. The summed E-state index contributed by atoms with van der Waals surface area (Å²) in [7, 11) is 1.63. The molecule has 0 bridgehead atoms. The van der Waals surface area contributed by atoms with Gasteiger partial charge in [0.1, 0.15) is 5.75 Å². The molecule has 0 aliphatic rings. The molecule has 2 rings (SSSR count). The lowest BCUT2D eigenvalue weighted by Crippen LogP contribution is -1.87. The first-order valence-electron chi connectivity index (χ1n) is 6.17. The van der Waals surface area contributed by atoms with Crippen molar-refractivity contribution in [3.8, 4) is 5.75 Å². The second-order valence-electron chi connectivity index (χ2n) is 4.40. The number of hydrogen-bond acceptors (Lipinski definition) is 3. The summed E-state index contributed by atoms with van der Waals surface area (Å²) in [6.07, 6.45) is 1.99. The lowest BCUT2D eigenvalue weighted by molar-refractivity contribution is -0.384. The smallest absolute Gasteiger partial charge is 0.269 e. The van der Waals surface area contributed by atoms with Crippen LogP contribution in [0.15, 0.2) is 48.5 Å². The third-order valence-electron chi connectivity index (χ3n) is 3.03. The van der Waals surface area contributed by atoms with Crippen molar-refractivity contribution >= 4 is 17.3 Å². The van der Waals surface area contributed by atoms with Crippen molar-refractivity contribution in [3.63, 3.8) is 0 Å². The first-order valence-corrected chi connectivity index (χ1v) is 6.17. The normalized spacial score (nSPS) is 11.2. The standard InChI is InChI=1S/C16H15NO3/c1-12(14-5-9-16(20-2)10-6-14)11-13-3-7-15(8-4-13)17(18)19/h3-11H,1-2H3/b12-11-. The fourth-order valence-electron chi connectivity index (χ4n) is 1.88. The molecule has 20 heavy (non-hydrogen) atoms. The van der Waals surface area contributed by atoms with Gasteiger partial charge in [-0.2, -0.15) is 0 Å². The van der Waals surface area contributed by atoms with Crippen molar-refractivity contribution in [1.82, 2.24) is 0 Å². The van der Waals surface area contributed by atoms with Crippen LogP contribution in [0.2, 0.25) is 0 Å². The SMILES string of the molecule is COc1ccc(/C(C)=C\c2ccc([N+](=O)[O-])cc2)cc1. The highest BCUT2D eigenvalue weighted by molar-refractivity contribution is 5.80. The first-order chi connectivity index (χ1) is 9.60. The van der Waals surface area contributed by atoms with Crippen LogP contribution in [-0.2, 0) is 0 Å². The molecule has 4 nitrogen and oxygen atoms in total. The fourth-order valence-corrected chi connectivity index (χ4v) is 1.88. The number of rotatable bonds is 4. The number of methoxy groups -OCH3 is 1. The monoisotopic (exact) mass is 269 g/mol. The maximum atomic E-state index is 10.6. The molecule has 102 valence electrons. The summed E-state index contributed by atoms with van der Waals surface area (Å²) in [5.74, 6) is 0.817. The summed E-state index contributed by atoms with van der Waals surface area (Å²) in [6, 6.07) is 14.3. The molecule has 2 aromatic carbocycles. The Morgan fingerprint density at radius 3 is 2.20 bits per heavy atom. The van der Waals surface area contributed by atoms with E-state index in [1.807, 2.05) is 37.3 Å². The summed E-state index contributed by atoms with van der Waals surface area (Å²) in [6.45, 7) is 2.00. The highest BCUT2D eigenvalue weighted by Crippen LogP contribution is 2.21. The third-order valence-corrected chi connectivity index (χ3v) is 3.03. The Labute approximate surface area is 117 Å². The Morgan fingerprint density at radius 1 is 1.10 bits per heavy atom. The topological polar surface area (TPSA) is 52.4 Å².